The van der Waals surface area contributed by atoms with E-state index in [9.17, 15) is 20.1 Å². The Morgan fingerprint density at radius 1 is 1.31 bits per heavy atom. The third-order valence-electron chi connectivity index (χ3n) is 6.40. The molecule has 2 aliphatic rings. The van der Waals surface area contributed by atoms with Gasteiger partial charge in [0.2, 0.25) is 0 Å². The molecular formula is C21H37NO7. The van der Waals surface area contributed by atoms with E-state index >= 15 is 0 Å². The lowest BCUT2D eigenvalue weighted by Crippen LogP contribution is -2.48. The Bertz CT molecular complexity index is 551. The summed E-state index contributed by atoms with van der Waals surface area (Å²) in [7, 11) is 0. The number of aliphatic hydroxyl groups is 4. The van der Waals surface area contributed by atoms with Crippen LogP contribution in [0.2, 0.25) is 0 Å². The fraction of sp³-hybridized carbons (Fsp3) is 0.857. The second-order valence-electron chi connectivity index (χ2n) is 8.71. The number of ether oxygens (including phenoxy) is 2. The van der Waals surface area contributed by atoms with E-state index in [1.54, 1.807) is 0 Å². The van der Waals surface area contributed by atoms with E-state index in [4.69, 9.17) is 14.6 Å². The summed E-state index contributed by atoms with van der Waals surface area (Å²) < 4.78 is 11.1. The molecule has 1 amide bonds. The molecule has 0 radical (unpaired) electrons. The molecule has 0 spiro atoms. The molecule has 29 heavy (non-hydrogen) atoms. The highest BCUT2D eigenvalue weighted by Gasteiger charge is 2.47. The summed E-state index contributed by atoms with van der Waals surface area (Å²) in [6.07, 6.45) is 1.07. The van der Waals surface area contributed by atoms with Crippen molar-refractivity contribution in [1.82, 2.24) is 5.32 Å². The third kappa shape index (κ3) is 6.73. The van der Waals surface area contributed by atoms with Crippen LogP contribution in [0.1, 0.15) is 58.8 Å². The lowest BCUT2D eigenvalue weighted by molar-refractivity contribution is -0.149. The van der Waals surface area contributed by atoms with Crippen LogP contribution in [0.25, 0.3) is 0 Å². The van der Waals surface area contributed by atoms with Crippen molar-refractivity contribution in [3.05, 3.63) is 12.2 Å². The van der Waals surface area contributed by atoms with Gasteiger partial charge in [0.1, 0.15) is 13.0 Å². The maximum Gasteiger partial charge on any atom is 0.253 e. The zero-order chi connectivity index (χ0) is 21.6. The lowest BCUT2D eigenvalue weighted by Gasteiger charge is -2.27. The van der Waals surface area contributed by atoms with Crippen LogP contribution < -0.4 is 5.32 Å². The smallest absolute Gasteiger partial charge is 0.253 e. The topological polar surface area (TPSA) is 128 Å². The fourth-order valence-electron chi connectivity index (χ4n) is 4.08. The first-order chi connectivity index (χ1) is 13.7. The van der Waals surface area contributed by atoms with Crippen LogP contribution >= 0.6 is 0 Å². The number of hydrogen-bond donors (Lipinski definition) is 5. The van der Waals surface area contributed by atoms with E-state index in [0.717, 1.165) is 24.8 Å². The summed E-state index contributed by atoms with van der Waals surface area (Å²) >= 11 is 0. The summed E-state index contributed by atoms with van der Waals surface area (Å²) in [6.45, 7) is 7.17. The maximum absolute atomic E-state index is 12.6. The highest BCUT2D eigenvalue weighted by atomic mass is 16.6. The Kier molecular flexibility index (Phi) is 9.06. The van der Waals surface area contributed by atoms with Gasteiger partial charge in [-0.1, -0.05) is 19.1 Å². The standard InChI is InChI=1S/C21H37NO7/c1-13-9-14(2)15(3)29-16(10-13)19(26)20(27)22-18(28-12-24)5-4-6-21(7-8-21)17(25)11-23/h14-19,23-26H,1,4-12H2,2-3H3,(H,22,27)/t14-,15?,16?,17?,18?,19?/m1/s1. The Hall–Kier alpha value is -1.03. The molecule has 0 aromatic heterocycles. The normalized spacial score (nSPS) is 29.6. The average molecular weight is 416 g/mol. The molecule has 1 saturated carbocycles. The predicted molar refractivity (Wildman–Crippen MR) is 107 cm³/mol. The van der Waals surface area contributed by atoms with E-state index in [1.165, 1.54) is 0 Å². The third-order valence-corrected chi connectivity index (χ3v) is 6.40. The molecule has 2 fully saturated rings. The molecule has 168 valence electrons. The molecule has 0 bridgehead atoms. The van der Waals surface area contributed by atoms with Gasteiger partial charge in [0, 0.05) is 0 Å². The van der Waals surface area contributed by atoms with E-state index in [-0.39, 0.29) is 24.0 Å². The van der Waals surface area contributed by atoms with Gasteiger partial charge in [0.15, 0.2) is 6.10 Å². The van der Waals surface area contributed by atoms with Crippen LogP contribution in [-0.4, -0.2) is 70.4 Å². The van der Waals surface area contributed by atoms with Crippen molar-refractivity contribution in [2.24, 2.45) is 11.3 Å². The van der Waals surface area contributed by atoms with Gasteiger partial charge in [-0.25, -0.2) is 0 Å². The van der Waals surface area contributed by atoms with E-state index in [2.05, 4.69) is 18.8 Å². The molecule has 1 aliphatic heterocycles. The maximum atomic E-state index is 12.6. The Morgan fingerprint density at radius 3 is 2.59 bits per heavy atom. The van der Waals surface area contributed by atoms with Crippen molar-refractivity contribution in [3.8, 4) is 0 Å². The van der Waals surface area contributed by atoms with E-state index < -0.39 is 37.2 Å². The first-order valence-corrected chi connectivity index (χ1v) is 10.5. The van der Waals surface area contributed by atoms with Crippen molar-refractivity contribution in [1.29, 1.82) is 0 Å². The summed E-state index contributed by atoms with van der Waals surface area (Å²) in [5.74, 6) is -0.350. The van der Waals surface area contributed by atoms with Gasteiger partial charge in [-0.15, -0.1) is 0 Å². The number of rotatable bonds is 11. The average Bonchev–Trinajstić information content (AvgIpc) is 3.47. The number of nitrogens with one attached hydrogen (secondary N) is 1. The predicted octanol–water partition coefficient (Wildman–Crippen LogP) is 0.819. The van der Waals surface area contributed by atoms with E-state index in [0.29, 0.717) is 25.7 Å². The molecule has 2 rings (SSSR count). The minimum atomic E-state index is -1.37. The molecule has 1 aliphatic carbocycles. The van der Waals surface area contributed by atoms with Crippen molar-refractivity contribution >= 4 is 5.91 Å². The van der Waals surface area contributed by atoms with Gasteiger partial charge in [0.05, 0.1) is 24.9 Å². The van der Waals surface area contributed by atoms with Gasteiger partial charge < -0.3 is 35.2 Å². The Balaban J connectivity index is 1.86. The molecule has 1 heterocycles. The van der Waals surface area contributed by atoms with Crippen LogP contribution in [0.4, 0.5) is 0 Å². The van der Waals surface area contributed by atoms with E-state index in [1.807, 2.05) is 6.92 Å². The van der Waals surface area contributed by atoms with Gasteiger partial charge in [-0.2, -0.15) is 0 Å². The molecule has 6 atom stereocenters. The zero-order valence-corrected chi connectivity index (χ0v) is 17.5. The molecule has 5 N–H and O–H groups in total. The molecule has 8 nitrogen and oxygen atoms in total. The van der Waals surface area contributed by atoms with Gasteiger partial charge in [0.25, 0.3) is 5.91 Å². The van der Waals surface area contributed by atoms with Gasteiger partial charge in [-0.3, -0.25) is 4.79 Å². The first-order valence-electron chi connectivity index (χ1n) is 10.5. The van der Waals surface area contributed by atoms with Crippen LogP contribution in [-0.2, 0) is 14.3 Å². The number of hydrogen-bond acceptors (Lipinski definition) is 7. The molecule has 5 unspecified atom stereocenters. The minimum Gasteiger partial charge on any atom is -0.394 e. The highest BCUT2D eigenvalue weighted by molar-refractivity contribution is 5.81. The van der Waals surface area contributed by atoms with Crippen LogP contribution in [0, 0.1) is 11.3 Å². The second kappa shape index (κ2) is 10.8. The number of amides is 1. The molecule has 0 aromatic rings. The lowest BCUT2D eigenvalue weighted by atomic mass is 9.92. The molecule has 1 saturated heterocycles. The Morgan fingerprint density at radius 2 is 2.00 bits per heavy atom. The Labute approximate surface area is 172 Å². The minimum absolute atomic E-state index is 0.0983. The number of aliphatic hydroxyl groups excluding tert-OH is 4. The highest BCUT2D eigenvalue weighted by Crippen LogP contribution is 2.52. The van der Waals surface area contributed by atoms with Gasteiger partial charge >= 0.3 is 0 Å². The van der Waals surface area contributed by atoms with Gasteiger partial charge in [-0.05, 0) is 63.2 Å². The molecule has 8 heteroatoms. The monoisotopic (exact) mass is 415 g/mol. The van der Waals surface area contributed by atoms with Crippen molar-refractivity contribution in [2.75, 3.05) is 13.4 Å². The summed E-state index contributed by atoms with van der Waals surface area (Å²) in [5, 5.41) is 41.4. The quantitative estimate of drug-likeness (QED) is 0.250. The summed E-state index contributed by atoms with van der Waals surface area (Å²) in [4.78, 5) is 12.6. The van der Waals surface area contributed by atoms with Crippen molar-refractivity contribution in [3.63, 3.8) is 0 Å². The largest absolute Gasteiger partial charge is 0.394 e. The van der Waals surface area contributed by atoms with Crippen LogP contribution in [0.5, 0.6) is 0 Å². The summed E-state index contributed by atoms with van der Waals surface area (Å²) in [6, 6.07) is 0. The van der Waals surface area contributed by atoms with Crippen molar-refractivity contribution in [2.45, 2.75) is 89.4 Å². The molecule has 0 aromatic carbocycles. The van der Waals surface area contributed by atoms with Crippen LogP contribution in [0.3, 0.4) is 0 Å². The van der Waals surface area contributed by atoms with Crippen molar-refractivity contribution < 1.29 is 34.7 Å². The first kappa shape index (κ1) is 24.2. The summed E-state index contributed by atoms with van der Waals surface area (Å²) in [5.41, 5.74) is 0.697. The van der Waals surface area contributed by atoms with Crippen LogP contribution in [0.15, 0.2) is 12.2 Å². The zero-order valence-electron chi connectivity index (χ0n) is 17.5. The fourth-order valence-corrected chi connectivity index (χ4v) is 4.08. The number of carbonyl (C=O) groups is 1. The molecular weight excluding hydrogens is 378 g/mol. The second-order valence-corrected chi connectivity index (χ2v) is 8.71. The SMILES string of the molecule is C=C1CC(C(O)C(=O)NC(CCCC2(C(O)CO)CC2)OCO)OC(C)[C@H](C)C1. The number of carbonyl (C=O) groups excluding carboxylic acids is 1.